The zero-order chi connectivity index (χ0) is 67.8. The Hall–Kier alpha value is 0.530. The van der Waals surface area contributed by atoms with E-state index in [0.717, 1.165) is 6.61 Å². The van der Waals surface area contributed by atoms with Crippen LogP contribution in [0.1, 0.15) is 548 Å². The van der Waals surface area contributed by atoms with Gasteiger partial charge in [-0.3, -0.25) is 0 Å². The highest BCUT2D eigenvalue weighted by atomic mass is 32.3. The molecule has 0 aromatic carbocycles. The van der Waals surface area contributed by atoms with Crippen LogP contribution in [0.25, 0.3) is 0 Å². The Morgan fingerprint density at radius 3 is 0.394 bits per heavy atom. The number of hydrogen-bond donors (Lipinski definition) is 1. The monoisotopic (exact) mass is 1360 g/mol. The fraction of sp³-hybridized carbons (Fsp3) is 0.989. The van der Waals surface area contributed by atoms with Crippen molar-refractivity contribution in [3.8, 4) is 0 Å². The van der Waals surface area contributed by atoms with Crippen molar-refractivity contribution < 1.29 is 4.74 Å². The molecule has 0 bridgehead atoms. The van der Waals surface area contributed by atoms with Crippen LogP contribution in [-0.2, 0) is 4.74 Å². The summed E-state index contributed by atoms with van der Waals surface area (Å²) in [6, 6.07) is 0. The molecule has 0 heterocycles. The third-order valence-corrected chi connectivity index (χ3v) is 31.1. The van der Waals surface area contributed by atoms with E-state index in [-0.39, 0.29) is 0 Å². The molecule has 0 aliphatic rings. The minimum absolute atomic E-state index is 0.916. The highest BCUT2D eigenvalue weighted by molar-refractivity contribution is 8.52. The number of hydrogen-bond acceptors (Lipinski definition) is 1. The van der Waals surface area contributed by atoms with Gasteiger partial charge in [-0.05, 0) is 55.1 Å². The summed E-state index contributed by atoms with van der Waals surface area (Å²) in [5.41, 5.74) is 0. The van der Waals surface area contributed by atoms with Gasteiger partial charge in [-0.2, -0.15) is 0 Å². The minimum atomic E-state index is -2.09. The van der Waals surface area contributed by atoms with Gasteiger partial charge in [-0.1, -0.05) is 516 Å². The molecule has 0 spiro atoms. The lowest BCUT2D eigenvalue weighted by molar-refractivity contribution is 0.307. The first-order valence-electron chi connectivity index (χ1n) is 45.6. The van der Waals surface area contributed by atoms with Gasteiger partial charge in [0.05, 0.1) is 6.61 Å². The molecule has 3 heteroatoms. The standard InChI is InChI=1S/C91H186OS2/c1-6-11-16-21-26-31-36-41-46-51-56-61-66-71-76-81-86-92-91(93)94(87-82-77-72-67-62-57-52-47-42-37-32-27-22-17-12-7-2,88-83-78-73-68-63-58-53-48-43-38-33-28-23-18-13-8-3,89-84-79-74-69-64-59-54-49-44-39-34-29-24-19-14-9-4)90-85-80-75-70-65-60-55-50-45-40-35-30-25-20-15-10-5/h93H,6-90H2,1-5H3. The second kappa shape index (κ2) is 80.8. The van der Waals surface area contributed by atoms with Crippen LogP contribution < -0.4 is 0 Å². The van der Waals surface area contributed by atoms with Crippen molar-refractivity contribution in [2.45, 2.75) is 548 Å². The Bertz CT molecular complexity index is 1270. The van der Waals surface area contributed by atoms with E-state index >= 15 is 0 Å². The van der Waals surface area contributed by atoms with Gasteiger partial charge in [0.2, 0.25) is 0 Å². The molecule has 0 aromatic rings. The molecular weight excluding hydrogens is 1170 g/mol. The van der Waals surface area contributed by atoms with Gasteiger partial charge in [0.1, 0.15) is 4.38 Å². The fourth-order valence-corrected chi connectivity index (χ4v) is 23.4. The van der Waals surface area contributed by atoms with Crippen molar-refractivity contribution >= 4 is 25.8 Å². The topological polar surface area (TPSA) is 9.23 Å². The van der Waals surface area contributed by atoms with Gasteiger partial charge in [-0.25, -0.2) is 8.75 Å². The molecule has 1 nitrogen and oxygen atoms in total. The highest BCUT2D eigenvalue weighted by Crippen LogP contribution is 2.64. The summed E-state index contributed by atoms with van der Waals surface area (Å²) in [5, 5.41) is 0. The fourth-order valence-electron chi connectivity index (χ4n) is 16.1. The molecule has 568 valence electrons. The molecule has 0 saturated carbocycles. The smallest absolute Gasteiger partial charge is 0.116 e. The Balaban J connectivity index is 6.19. The molecule has 0 rings (SSSR count). The molecule has 0 aliphatic carbocycles. The Morgan fingerprint density at radius 2 is 0.266 bits per heavy atom. The molecule has 0 unspecified atom stereocenters. The zero-order valence-electron chi connectivity index (χ0n) is 66.9. The zero-order valence-corrected chi connectivity index (χ0v) is 68.6. The molecule has 0 radical (unpaired) electrons. The van der Waals surface area contributed by atoms with Gasteiger partial charge in [-0.15, -0.1) is 12.6 Å². The molecule has 0 N–H and O–H groups in total. The maximum absolute atomic E-state index is 7.38. The summed E-state index contributed by atoms with van der Waals surface area (Å²) >= 11 is 5.89. The van der Waals surface area contributed by atoms with Crippen molar-refractivity contribution in [3.63, 3.8) is 0 Å². The predicted molar refractivity (Wildman–Crippen MR) is 445 cm³/mol. The first-order chi connectivity index (χ1) is 46.5. The van der Waals surface area contributed by atoms with Gasteiger partial charge in [0.25, 0.3) is 0 Å². The number of rotatable bonds is 85. The van der Waals surface area contributed by atoms with Gasteiger partial charge < -0.3 is 4.74 Å². The molecule has 0 aliphatic heterocycles. The largest absolute Gasteiger partial charge is 0.336 e. The maximum atomic E-state index is 7.38. The number of thiol groups is 1. The average molecular weight is 1360 g/mol. The maximum Gasteiger partial charge on any atom is 0.116 e. The normalized spacial score (nSPS) is 12.4. The lowest BCUT2D eigenvalue weighted by atomic mass is 10.0. The predicted octanol–water partition coefficient (Wildman–Crippen LogP) is 34.7. The van der Waals surface area contributed by atoms with Gasteiger partial charge in [0.15, 0.2) is 0 Å². The van der Waals surface area contributed by atoms with Crippen LogP contribution in [0.3, 0.4) is 0 Å². The third kappa shape index (κ3) is 67.0. The van der Waals surface area contributed by atoms with E-state index in [1.165, 1.54) is 541 Å². The van der Waals surface area contributed by atoms with Gasteiger partial charge >= 0.3 is 0 Å². The molecular formula is C91H186OS2. The van der Waals surface area contributed by atoms with Crippen LogP contribution in [-0.4, -0.2) is 34.0 Å². The lowest BCUT2D eigenvalue weighted by Crippen LogP contribution is -2.31. The quantitative estimate of drug-likeness (QED) is 0.0363. The van der Waals surface area contributed by atoms with Crippen molar-refractivity contribution in [1.82, 2.24) is 0 Å². The first kappa shape index (κ1) is 94.5. The van der Waals surface area contributed by atoms with Crippen LogP contribution in [0.5, 0.6) is 0 Å². The van der Waals surface area contributed by atoms with Crippen LogP contribution in [0.4, 0.5) is 0 Å². The molecule has 0 atom stereocenters. The Labute approximate surface area is 604 Å². The Morgan fingerprint density at radius 1 is 0.160 bits per heavy atom. The molecule has 0 amide bonds. The summed E-state index contributed by atoms with van der Waals surface area (Å²) in [6.07, 6.45) is 116. The SMILES string of the molecule is CCCCCCCCCCCCCCCCCCOC(S)=S(CCCCCCCCCCCCCCCCCC)(CCCCCCCCCCCCCCCCCC)(CCCCCCCCCCCCCCCCCC)CCCCCCCCCCCCCCCCCC. The van der Waals surface area contributed by atoms with Crippen molar-refractivity contribution in [2.75, 3.05) is 29.6 Å². The summed E-state index contributed by atoms with van der Waals surface area (Å²) in [4.78, 5) is 0. The van der Waals surface area contributed by atoms with Crippen molar-refractivity contribution in [2.24, 2.45) is 0 Å². The molecule has 94 heavy (non-hydrogen) atoms. The third-order valence-electron chi connectivity index (χ3n) is 22.8. The number of ether oxygens (including phenoxy) is 1. The van der Waals surface area contributed by atoms with Crippen LogP contribution >= 0.6 is 21.4 Å². The average Bonchev–Trinajstić information content (AvgIpc) is 0.754. The summed E-state index contributed by atoms with van der Waals surface area (Å²) in [6.45, 7) is 12.6. The van der Waals surface area contributed by atoms with Gasteiger partial charge in [0, 0.05) is 0 Å². The van der Waals surface area contributed by atoms with E-state index in [2.05, 4.69) is 34.6 Å². The van der Waals surface area contributed by atoms with E-state index in [0.29, 0.717) is 0 Å². The second-order valence-corrected chi connectivity index (χ2v) is 38.6. The van der Waals surface area contributed by atoms with Crippen LogP contribution in [0.15, 0.2) is 0 Å². The lowest BCUT2D eigenvalue weighted by Gasteiger charge is -2.52. The highest BCUT2D eigenvalue weighted by Gasteiger charge is 2.36. The molecule has 0 aromatic heterocycles. The minimum Gasteiger partial charge on any atom is -0.336 e. The Kier molecular flexibility index (Phi) is 81.3. The molecule has 0 fully saturated rings. The van der Waals surface area contributed by atoms with E-state index in [9.17, 15) is 0 Å². The van der Waals surface area contributed by atoms with Crippen LogP contribution in [0.2, 0.25) is 0 Å². The first-order valence-corrected chi connectivity index (χ1v) is 48.8. The van der Waals surface area contributed by atoms with E-state index < -0.39 is 8.75 Å². The van der Waals surface area contributed by atoms with Crippen molar-refractivity contribution in [3.05, 3.63) is 0 Å². The van der Waals surface area contributed by atoms with E-state index in [4.69, 9.17) is 17.4 Å². The van der Waals surface area contributed by atoms with E-state index in [1.54, 1.807) is 0 Å². The van der Waals surface area contributed by atoms with Crippen molar-refractivity contribution in [1.29, 1.82) is 0 Å². The number of unbranched alkanes of at least 4 members (excludes halogenated alkanes) is 75. The summed E-state index contributed by atoms with van der Waals surface area (Å²) in [7, 11) is -2.09. The molecule has 0 saturated heterocycles. The van der Waals surface area contributed by atoms with Crippen LogP contribution in [0, 0.1) is 0 Å². The van der Waals surface area contributed by atoms with E-state index in [1.807, 2.05) is 0 Å². The second-order valence-electron chi connectivity index (χ2n) is 32.2. The summed E-state index contributed by atoms with van der Waals surface area (Å²) < 4.78 is 8.71. The summed E-state index contributed by atoms with van der Waals surface area (Å²) in [5.74, 6) is 5.74.